The van der Waals surface area contributed by atoms with Crippen LogP contribution in [0.5, 0.6) is 0 Å². The van der Waals surface area contributed by atoms with Crippen molar-refractivity contribution in [2.45, 2.75) is 38.6 Å². The van der Waals surface area contributed by atoms with Crippen LogP contribution in [0.3, 0.4) is 0 Å². The first-order valence-electron chi connectivity index (χ1n) is 8.78. The number of hydrogen-bond donors (Lipinski definition) is 0. The summed E-state index contributed by atoms with van der Waals surface area (Å²) in [5, 5.41) is 0. The lowest BCUT2D eigenvalue weighted by Gasteiger charge is -2.37. The molecule has 0 unspecified atom stereocenters. The molecule has 0 spiro atoms. The topological polar surface area (TPSA) is 28.6 Å². The highest BCUT2D eigenvalue weighted by molar-refractivity contribution is 7.11. The molecule has 4 rings (SSSR count). The van der Waals surface area contributed by atoms with Crippen molar-refractivity contribution in [3.63, 3.8) is 0 Å². The Balaban J connectivity index is 1.27. The fourth-order valence-electron chi connectivity index (χ4n) is 3.81. The van der Waals surface area contributed by atoms with E-state index in [4.69, 9.17) is 4.74 Å². The predicted octanol–water partition coefficient (Wildman–Crippen LogP) is 2.93. The molecule has 0 aliphatic carbocycles. The Labute approximate surface area is 148 Å². The molecular formula is C19H25N3OS. The third-order valence-corrected chi connectivity index (χ3v) is 6.03. The second-order valence-corrected chi connectivity index (χ2v) is 8.30. The van der Waals surface area contributed by atoms with Gasteiger partial charge < -0.3 is 4.74 Å². The average Bonchev–Trinajstić information content (AvgIpc) is 3.19. The molecule has 2 aromatic rings. The van der Waals surface area contributed by atoms with Crippen LogP contribution in [0.2, 0.25) is 0 Å². The highest BCUT2D eigenvalue weighted by atomic mass is 32.1. The van der Waals surface area contributed by atoms with Gasteiger partial charge in [0.25, 0.3) is 0 Å². The van der Waals surface area contributed by atoms with Gasteiger partial charge in [-0.25, -0.2) is 0 Å². The summed E-state index contributed by atoms with van der Waals surface area (Å²) in [5.74, 6) is 0. The molecule has 128 valence electrons. The van der Waals surface area contributed by atoms with E-state index in [1.807, 2.05) is 29.8 Å². The molecular weight excluding hydrogens is 318 g/mol. The first-order valence-corrected chi connectivity index (χ1v) is 9.60. The third-order valence-electron chi connectivity index (χ3n) is 5.05. The van der Waals surface area contributed by atoms with Crippen LogP contribution in [-0.2, 0) is 17.9 Å². The van der Waals surface area contributed by atoms with E-state index in [1.54, 1.807) is 0 Å². The molecule has 0 aromatic carbocycles. The quantitative estimate of drug-likeness (QED) is 0.835. The molecule has 0 radical (unpaired) electrons. The lowest BCUT2D eigenvalue weighted by atomic mass is 10.1. The maximum absolute atomic E-state index is 6.14. The summed E-state index contributed by atoms with van der Waals surface area (Å²) in [6, 6.07) is 9.22. The summed E-state index contributed by atoms with van der Waals surface area (Å²) >= 11 is 1.93. The predicted molar refractivity (Wildman–Crippen MR) is 97.1 cm³/mol. The van der Waals surface area contributed by atoms with Crippen LogP contribution in [0.25, 0.3) is 0 Å². The van der Waals surface area contributed by atoms with Crippen LogP contribution in [-0.4, -0.2) is 53.1 Å². The van der Waals surface area contributed by atoms with Gasteiger partial charge in [-0.05, 0) is 37.1 Å². The first-order chi connectivity index (χ1) is 11.8. The summed E-state index contributed by atoms with van der Waals surface area (Å²) < 4.78 is 6.14. The zero-order valence-electron chi connectivity index (χ0n) is 14.2. The van der Waals surface area contributed by atoms with Crippen LogP contribution >= 0.6 is 11.3 Å². The van der Waals surface area contributed by atoms with E-state index in [0.717, 1.165) is 25.1 Å². The smallest absolute Gasteiger partial charge is 0.0736 e. The van der Waals surface area contributed by atoms with Crippen molar-refractivity contribution >= 4 is 11.3 Å². The summed E-state index contributed by atoms with van der Waals surface area (Å²) in [6.07, 6.45) is 5.22. The minimum Gasteiger partial charge on any atom is -0.372 e. The van der Waals surface area contributed by atoms with Gasteiger partial charge in [0.05, 0.1) is 12.7 Å². The second kappa shape index (κ2) is 7.31. The molecule has 4 heterocycles. The second-order valence-electron chi connectivity index (χ2n) is 6.93. The van der Waals surface area contributed by atoms with Gasteiger partial charge in [0.2, 0.25) is 0 Å². The molecule has 2 aliphatic rings. The average molecular weight is 343 g/mol. The number of aromatic nitrogens is 1. The van der Waals surface area contributed by atoms with Crippen LogP contribution in [0.4, 0.5) is 0 Å². The Morgan fingerprint density at radius 2 is 2.21 bits per heavy atom. The summed E-state index contributed by atoms with van der Waals surface area (Å²) in [6.45, 7) is 8.56. The molecule has 0 amide bonds. The summed E-state index contributed by atoms with van der Waals surface area (Å²) in [5.41, 5.74) is 1.16. The molecule has 0 saturated carbocycles. The van der Waals surface area contributed by atoms with Gasteiger partial charge in [-0.3, -0.25) is 14.8 Å². The minimum atomic E-state index is 0.360. The zero-order valence-corrected chi connectivity index (χ0v) is 15.0. The minimum absolute atomic E-state index is 0.360. The lowest BCUT2D eigenvalue weighted by molar-refractivity contribution is 0.0457. The van der Waals surface area contributed by atoms with Crippen LogP contribution < -0.4 is 0 Å². The van der Waals surface area contributed by atoms with Crippen molar-refractivity contribution < 1.29 is 4.74 Å². The Kier molecular flexibility index (Phi) is 4.94. The highest BCUT2D eigenvalue weighted by Crippen LogP contribution is 2.26. The van der Waals surface area contributed by atoms with Gasteiger partial charge in [0.15, 0.2) is 0 Å². The molecule has 2 saturated heterocycles. The van der Waals surface area contributed by atoms with Crippen molar-refractivity contribution in [3.8, 4) is 0 Å². The third kappa shape index (κ3) is 3.86. The van der Waals surface area contributed by atoms with Gasteiger partial charge in [0.1, 0.15) is 0 Å². The molecule has 2 aliphatic heterocycles. The summed E-state index contributed by atoms with van der Waals surface area (Å²) in [7, 11) is 0. The summed E-state index contributed by atoms with van der Waals surface area (Å²) in [4.78, 5) is 12.3. The SMILES string of the molecule is Cc1ccc(CN2CCN3C[C@H](OCc4cccnc4)C[C@H]3C2)s1. The first kappa shape index (κ1) is 16.2. The molecule has 2 fully saturated rings. The van der Waals surface area contributed by atoms with Crippen molar-refractivity contribution in [1.29, 1.82) is 0 Å². The highest BCUT2D eigenvalue weighted by Gasteiger charge is 2.36. The van der Waals surface area contributed by atoms with Crippen molar-refractivity contribution in [1.82, 2.24) is 14.8 Å². The van der Waals surface area contributed by atoms with E-state index in [1.165, 1.54) is 29.4 Å². The van der Waals surface area contributed by atoms with Gasteiger partial charge in [0, 0.05) is 60.9 Å². The van der Waals surface area contributed by atoms with E-state index < -0.39 is 0 Å². The van der Waals surface area contributed by atoms with Crippen molar-refractivity contribution in [2.24, 2.45) is 0 Å². The molecule has 24 heavy (non-hydrogen) atoms. The van der Waals surface area contributed by atoms with E-state index in [0.29, 0.717) is 18.8 Å². The monoisotopic (exact) mass is 343 g/mol. The Hall–Kier alpha value is -1.27. The van der Waals surface area contributed by atoms with Crippen LogP contribution in [0, 0.1) is 6.92 Å². The molecule has 2 aromatic heterocycles. The zero-order chi connectivity index (χ0) is 16.4. The van der Waals surface area contributed by atoms with Gasteiger partial charge in [-0.1, -0.05) is 6.07 Å². The van der Waals surface area contributed by atoms with E-state index >= 15 is 0 Å². The van der Waals surface area contributed by atoms with E-state index in [9.17, 15) is 0 Å². The van der Waals surface area contributed by atoms with Gasteiger partial charge in [-0.2, -0.15) is 0 Å². The fraction of sp³-hybridized carbons (Fsp3) is 0.526. The number of piperazine rings is 1. The maximum atomic E-state index is 6.14. The van der Waals surface area contributed by atoms with Crippen LogP contribution in [0.1, 0.15) is 21.7 Å². The molecule has 4 nitrogen and oxygen atoms in total. The molecule has 0 N–H and O–H groups in total. The van der Waals surface area contributed by atoms with E-state index in [2.05, 4.69) is 39.9 Å². The van der Waals surface area contributed by atoms with Crippen LogP contribution in [0.15, 0.2) is 36.7 Å². The lowest BCUT2D eigenvalue weighted by Crippen LogP contribution is -2.49. The Morgan fingerprint density at radius 3 is 3.00 bits per heavy atom. The van der Waals surface area contributed by atoms with Gasteiger partial charge >= 0.3 is 0 Å². The standard InChI is InChI=1S/C19H25N3OS/c1-15-4-5-19(24-15)13-21-7-8-22-12-18(9-17(22)11-21)23-14-16-3-2-6-20-10-16/h2-6,10,17-18H,7-9,11-14H2,1H3/t17-,18+/m0/s1. The Morgan fingerprint density at radius 1 is 1.25 bits per heavy atom. The van der Waals surface area contributed by atoms with Crippen molar-refractivity contribution in [2.75, 3.05) is 26.2 Å². The molecule has 2 atom stereocenters. The number of pyridine rings is 1. The number of nitrogens with zero attached hydrogens (tertiary/aromatic N) is 3. The van der Waals surface area contributed by atoms with Crippen molar-refractivity contribution in [3.05, 3.63) is 52.0 Å². The normalized spacial score (nSPS) is 25.0. The molecule has 0 bridgehead atoms. The maximum Gasteiger partial charge on any atom is 0.0736 e. The number of thiophene rings is 1. The number of rotatable bonds is 5. The van der Waals surface area contributed by atoms with Gasteiger partial charge in [-0.15, -0.1) is 11.3 Å². The molecule has 5 heteroatoms. The van der Waals surface area contributed by atoms with E-state index in [-0.39, 0.29) is 0 Å². The number of ether oxygens (including phenoxy) is 1. The number of hydrogen-bond acceptors (Lipinski definition) is 5. The Bertz CT molecular complexity index is 660. The fourth-order valence-corrected chi connectivity index (χ4v) is 4.75. The number of aryl methyl sites for hydroxylation is 1. The number of fused-ring (bicyclic) bond motifs is 1. The largest absolute Gasteiger partial charge is 0.372 e.